The first-order chi connectivity index (χ1) is 13.4. The molecule has 28 heavy (non-hydrogen) atoms. The molecule has 0 N–H and O–H groups in total. The molecule has 1 saturated heterocycles. The topological polar surface area (TPSA) is 55.8 Å². The number of hydrogen-bond donors (Lipinski definition) is 0. The molecule has 3 rings (SSSR count). The summed E-state index contributed by atoms with van der Waals surface area (Å²) in [5.74, 6) is 0.483. The highest BCUT2D eigenvalue weighted by molar-refractivity contribution is 14.1. The molecule has 0 saturated carbocycles. The second-order valence-corrected chi connectivity index (χ2v) is 8.03. The van der Waals surface area contributed by atoms with Gasteiger partial charge in [-0.1, -0.05) is 12.1 Å². The normalized spacial score (nSPS) is 15.4. The van der Waals surface area contributed by atoms with Crippen molar-refractivity contribution in [1.82, 2.24) is 4.90 Å². The molecule has 2 aromatic carbocycles. The fourth-order valence-corrected chi connectivity index (χ4v) is 4.31. The number of thioether (sulfide) groups is 1. The average Bonchev–Trinajstić information content (AvgIpc) is 2.94. The molecule has 0 atom stereocenters. The van der Waals surface area contributed by atoms with Gasteiger partial charge in [-0.3, -0.25) is 14.5 Å². The zero-order valence-electron chi connectivity index (χ0n) is 15.2. The number of rotatable bonds is 6. The lowest BCUT2D eigenvalue weighted by atomic mass is 10.1. The second-order valence-electron chi connectivity index (χ2n) is 5.88. The summed E-state index contributed by atoms with van der Waals surface area (Å²) < 4.78 is 25.1. The van der Waals surface area contributed by atoms with Crippen LogP contribution in [-0.4, -0.2) is 29.7 Å². The minimum absolute atomic E-state index is 0.264. The predicted molar refractivity (Wildman–Crippen MR) is 115 cm³/mol. The van der Waals surface area contributed by atoms with Gasteiger partial charge in [-0.25, -0.2) is 4.39 Å². The quantitative estimate of drug-likeness (QED) is 0.399. The summed E-state index contributed by atoms with van der Waals surface area (Å²) in [6, 6.07) is 9.69. The zero-order valence-corrected chi connectivity index (χ0v) is 18.2. The molecule has 5 nitrogen and oxygen atoms in total. The molecule has 0 aliphatic carbocycles. The van der Waals surface area contributed by atoms with Gasteiger partial charge in [0, 0.05) is 6.54 Å². The van der Waals surface area contributed by atoms with Crippen molar-refractivity contribution in [3.8, 4) is 11.5 Å². The lowest BCUT2D eigenvalue weighted by molar-refractivity contribution is -0.122. The summed E-state index contributed by atoms with van der Waals surface area (Å²) in [5.41, 5.74) is 1.56. The Morgan fingerprint density at radius 1 is 1.21 bits per heavy atom. The number of hydrogen-bond acceptors (Lipinski definition) is 5. The van der Waals surface area contributed by atoms with Crippen LogP contribution in [0.25, 0.3) is 6.08 Å². The third kappa shape index (κ3) is 4.49. The monoisotopic (exact) mass is 513 g/mol. The molecule has 0 aromatic heterocycles. The lowest BCUT2D eigenvalue weighted by Crippen LogP contribution is -2.27. The number of imide groups is 1. The largest absolute Gasteiger partial charge is 0.493 e. The van der Waals surface area contributed by atoms with Gasteiger partial charge in [0.2, 0.25) is 0 Å². The van der Waals surface area contributed by atoms with Crippen LogP contribution >= 0.6 is 34.4 Å². The standard InChI is InChI=1S/C20H17FINO4S/c1-3-23-19(24)17(28-20(23)25)10-13-8-15(22)18(16(9-13)26-2)27-11-12-4-6-14(21)7-5-12/h4-10H,3,11H2,1-2H3/b17-10+. The number of amides is 2. The van der Waals surface area contributed by atoms with Crippen molar-refractivity contribution < 1.29 is 23.5 Å². The SMILES string of the molecule is CCN1C(=O)S/C(=C/c2cc(I)c(OCc3ccc(F)cc3)c(OC)c2)C1=O. The van der Waals surface area contributed by atoms with E-state index in [-0.39, 0.29) is 23.6 Å². The molecule has 0 spiro atoms. The van der Waals surface area contributed by atoms with Crippen LogP contribution in [-0.2, 0) is 11.4 Å². The lowest BCUT2D eigenvalue weighted by Gasteiger charge is -2.14. The molecule has 2 amide bonds. The Hall–Kier alpha value is -2.07. The van der Waals surface area contributed by atoms with Gasteiger partial charge in [-0.15, -0.1) is 0 Å². The van der Waals surface area contributed by atoms with Crippen molar-refractivity contribution in [2.24, 2.45) is 0 Å². The molecule has 1 heterocycles. The number of carbonyl (C=O) groups excluding carboxylic acids is 2. The van der Waals surface area contributed by atoms with E-state index in [0.717, 1.165) is 26.5 Å². The molecule has 0 unspecified atom stereocenters. The summed E-state index contributed by atoms with van der Waals surface area (Å²) >= 11 is 3.05. The molecule has 2 aromatic rings. The average molecular weight is 513 g/mol. The van der Waals surface area contributed by atoms with Crippen LogP contribution in [0.4, 0.5) is 9.18 Å². The maximum Gasteiger partial charge on any atom is 0.293 e. The Labute approximate surface area is 180 Å². The highest BCUT2D eigenvalue weighted by Crippen LogP contribution is 2.37. The number of benzene rings is 2. The minimum Gasteiger partial charge on any atom is -0.493 e. The zero-order chi connectivity index (χ0) is 20.3. The Bertz CT molecular complexity index is 946. The summed E-state index contributed by atoms with van der Waals surface area (Å²) in [6.45, 7) is 2.37. The third-order valence-electron chi connectivity index (χ3n) is 4.04. The molecule has 146 valence electrons. The first kappa shape index (κ1) is 20.7. The highest BCUT2D eigenvalue weighted by Gasteiger charge is 2.33. The second kappa shape index (κ2) is 8.95. The van der Waals surface area contributed by atoms with Gasteiger partial charge < -0.3 is 9.47 Å². The van der Waals surface area contributed by atoms with Gasteiger partial charge in [-0.05, 0) is 82.7 Å². The van der Waals surface area contributed by atoms with Crippen molar-refractivity contribution in [1.29, 1.82) is 0 Å². The van der Waals surface area contributed by atoms with Crippen LogP contribution in [0, 0.1) is 9.39 Å². The van der Waals surface area contributed by atoms with Crippen molar-refractivity contribution in [2.75, 3.05) is 13.7 Å². The van der Waals surface area contributed by atoms with Crippen LogP contribution in [0.2, 0.25) is 0 Å². The van der Waals surface area contributed by atoms with Gasteiger partial charge in [0.15, 0.2) is 11.5 Å². The van der Waals surface area contributed by atoms with Gasteiger partial charge >= 0.3 is 0 Å². The first-order valence-corrected chi connectivity index (χ1v) is 10.3. The van der Waals surface area contributed by atoms with E-state index in [0.29, 0.717) is 22.9 Å². The number of methoxy groups -OCH3 is 1. The van der Waals surface area contributed by atoms with E-state index in [4.69, 9.17) is 9.47 Å². The highest BCUT2D eigenvalue weighted by atomic mass is 127. The number of ether oxygens (including phenoxy) is 2. The summed E-state index contributed by atoms with van der Waals surface area (Å²) in [6.07, 6.45) is 1.68. The fraction of sp³-hybridized carbons (Fsp3) is 0.200. The van der Waals surface area contributed by atoms with Crippen molar-refractivity contribution in [3.05, 3.63) is 61.8 Å². The molecule has 1 fully saturated rings. The van der Waals surface area contributed by atoms with Gasteiger partial charge in [-0.2, -0.15) is 0 Å². The van der Waals surface area contributed by atoms with E-state index >= 15 is 0 Å². The van der Waals surface area contributed by atoms with E-state index in [1.807, 2.05) is 6.07 Å². The minimum atomic E-state index is -0.298. The van der Waals surface area contributed by atoms with E-state index in [1.165, 1.54) is 24.1 Å². The van der Waals surface area contributed by atoms with Gasteiger partial charge in [0.25, 0.3) is 11.1 Å². The van der Waals surface area contributed by atoms with Crippen LogP contribution in [0.5, 0.6) is 11.5 Å². The van der Waals surface area contributed by atoms with Crippen LogP contribution < -0.4 is 9.47 Å². The van der Waals surface area contributed by atoms with Crippen molar-refractivity contribution in [3.63, 3.8) is 0 Å². The Morgan fingerprint density at radius 3 is 2.54 bits per heavy atom. The molecule has 0 radical (unpaired) electrons. The molecule has 1 aliphatic rings. The smallest absolute Gasteiger partial charge is 0.293 e. The van der Waals surface area contributed by atoms with Crippen LogP contribution in [0.1, 0.15) is 18.1 Å². The number of likely N-dealkylation sites (N-methyl/N-ethyl adjacent to an activating group) is 1. The Balaban J connectivity index is 1.83. The summed E-state index contributed by atoms with van der Waals surface area (Å²) in [7, 11) is 1.53. The summed E-state index contributed by atoms with van der Waals surface area (Å²) in [4.78, 5) is 25.7. The molecular weight excluding hydrogens is 496 g/mol. The maximum atomic E-state index is 13.0. The maximum absolute atomic E-state index is 13.0. The molecule has 8 heteroatoms. The molecule has 1 aliphatic heterocycles. The summed E-state index contributed by atoms with van der Waals surface area (Å²) in [5, 5.41) is -0.264. The number of nitrogens with zero attached hydrogens (tertiary/aromatic N) is 1. The van der Waals surface area contributed by atoms with Gasteiger partial charge in [0.05, 0.1) is 15.6 Å². The number of halogens is 2. The van der Waals surface area contributed by atoms with Crippen molar-refractivity contribution in [2.45, 2.75) is 13.5 Å². The third-order valence-corrected chi connectivity index (χ3v) is 5.74. The van der Waals surface area contributed by atoms with Crippen molar-refractivity contribution >= 4 is 51.6 Å². The Morgan fingerprint density at radius 2 is 1.93 bits per heavy atom. The first-order valence-electron chi connectivity index (χ1n) is 8.43. The molecular formula is C20H17FINO4S. The fourth-order valence-electron chi connectivity index (χ4n) is 2.62. The van der Waals surface area contributed by atoms with E-state index in [2.05, 4.69) is 22.6 Å². The van der Waals surface area contributed by atoms with E-state index < -0.39 is 0 Å². The van der Waals surface area contributed by atoms with E-state index in [1.54, 1.807) is 31.2 Å². The van der Waals surface area contributed by atoms with Gasteiger partial charge in [0.1, 0.15) is 12.4 Å². The van der Waals surface area contributed by atoms with E-state index in [9.17, 15) is 14.0 Å². The molecule has 0 bridgehead atoms. The van der Waals surface area contributed by atoms with Crippen LogP contribution in [0.15, 0.2) is 41.3 Å². The number of carbonyl (C=O) groups is 2. The predicted octanol–water partition coefficient (Wildman–Crippen LogP) is 5.07. The van der Waals surface area contributed by atoms with Crippen LogP contribution in [0.3, 0.4) is 0 Å². The Kier molecular flexibility index (Phi) is 6.61.